The molecule has 1 saturated heterocycles. The second-order valence-electron chi connectivity index (χ2n) is 12.7. The number of hydrogen-bond acceptors (Lipinski definition) is 7. The van der Waals surface area contributed by atoms with Gasteiger partial charge in [0, 0.05) is 47.9 Å². The predicted octanol–water partition coefficient (Wildman–Crippen LogP) is 4.69. The fraction of sp³-hybridized carbons (Fsp3) is 0.361. The van der Waals surface area contributed by atoms with Gasteiger partial charge in [-0.1, -0.05) is 43.3 Å². The van der Waals surface area contributed by atoms with Gasteiger partial charge in [-0.25, -0.2) is 0 Å². The Labute approximate surface area is 276 Å². The van der Waals surface area contributed by atoms with Crippen LogP contribution in [0.15, 0.2) is 85.5 Å². The average molecular weight is 658 g/mol. The number of fused-ring (bicyclic) bond motifs is 2. The standard InChI is InChI=1S/C36H43N3O7Si/c1-6-18-39-30-17-14-27(37-34(42)26-12-15-28(45-3)16-13-26)21-29(30)36(35(39)43)24(2)33(47(4,5)44)31(46-36)22-32(41)38(19-20-40)23-25-10-8-7-9-11-25/h6-17,21,24,31,33,40,44H,1,18-20,22-23H2,2-5H3,(H,37,42)/t24-,31+,33-,36+/m1/s1. The van der Waals surface area contributed by atoms with E-state index < -0.39 is 31.5 Å². The number of benzene rings is 3. The van der Waals surface area contributed by atoms with Crippen LogP contribution >= 0.6 is 0 Å². The highest BCUT2D eigenvalue weighted by Gasteiger charge is 2.66. The van der Waals surface area contributed by atoms with E-state index in [0.29, 0.717) is 34.8 Å². The number of nitrogens with zero attached hydrogens (tertiary/aromatic N) is 2. The predicted molar refractivity (Wildman–Crippen MR) is 183 cm³/mol. The lowest BCUT2D eigenvalue weighted by atomic mass is 9.82. The summed E-state index contributed by atoms with van der Waals surface area (Å²) in [6.07, 6.45) is 0.803. The number of carbonyl (C=O) groups excluding carboxylic acids is 3. The third-order valence-corrected chi connectivity index (χ3v) is 11.7. The van der Waals surface area contributed by atoms with Crippen molar-refractivity contribution in [1.82, 2.24) is 4.90 Å². The van der Waals surface area contributed by atoms with E-state index in [0.717, 1.165) is 5.56 Å². The lowest BCUT2D eigenvalue weighted by Crippen LogP contribution is -2.46. The number of hydrogen-bond donors (Lipinski definition) is 3. The van der Waals surface area contributed by atoms with Gasteiger partial charge < -0.3 is 34.5 Å². The van der Waals surface area contributed by atoms with Crippen molar-refractivity contribution in [3.05, 3.63) is 102 Å². The highest BCUT2D eigenvalue weighted by Crippen LogP contribution is 2.60. The van der Waals surface area contributed by atoms with Gasteiger partial charge in [-0.05, 0) is 61.1 Å². The lowest BCUT2D eigenvalue weighted by molar-refractivity contribution is -0.149. The largest absolute Gasteiger partial charge is 0.497 e. The molecule has 47 heavy (non-hydrogen) atoms. The molecule has 0 radical (unpaired) electrons. The second-order valence-corrected chi connectivity index (χ2v) is 16.7. The minimum absolute atomic E-state index is 0.0709. The molecule has 10 nitrogen and oxygen atoms in total. The van der Waals surface area contributed by atoms with Crippen LogP contribution in [-0.4, -0.2) is 73.8 Å². The van der Waals surface area contributed by atoms with Gasteiger partial charge in [0.25, 0.3) is 11.8 Å². The number of carbonyl (C=O) groups is 3. The third-order valence-electron chi connectivity index (χ3n) is 9.22. The van der Waals surface area contributed by atoms with Crippen molar-refractivity contribution in [2.24, 2.45) is 5.92 Å². The first-order chi connectivity index (χ1) is 22.4. The molecule has 11 heteroatoms. The van der Waals surface area contributed by atoms with E-state index in [4.69, 9.17) is 9.47 Å². The van der Waals surface area contributed by atoms with Crippen molar-refractivity contribution in [3.63, 3.8) is 0 Å². The maximum Gasteiger partial charge on any atom is 0.264 e. The van der Waals surface area contributed by atoms with Crippen LogP contribution in [0.2, 0.25) is 18.6 Å². The summed E-state index contributed by atoms with van der Waals surface area (Å²) in [6.45, 7) is 9.82. The van der Waals surface area contributed by atoms with Crippen LogP contribution in [0, 0.1) is 5.92 Å². The Kier molecular flexibility index (Phi) is 10.0. The van der Waals surface area contributed by atoms with Crippen molar-refractivity contribution in [1.29, 1.82) is 0 Å². The van der Waals surface area contributed by atoms with Gasteiger partial charge in [-0.15, -0.1) is 6.58 Å². The molecule has 3 aromatic rings. The molecule has 248 valence electrons. The molecular formula is C36H43N3O7Si. The second kappa shape index (κ2) is 13.8. The third kappa shape index (κ3) is 6.61. The van der Waals surface area contributed by atoms with Crippen LogP contribution in [0.3, 0.4) is 0 Å². The van der Waals surface area contributed by atoms with E-state index in [1.165, 1.54) is 0 Å². The van der Waals surface area contributed by atoms with Crippen LogP contribution in [0.25, 0.3) is 0 Å². The summed E-state index contributed by atoms with van der Waals surface area (Å²) in [5.74, 6) is -0.739. The molecule has 0 unspecified atom stereocenters. The van der Waals surface area contributed by atoms with E-state index >= 15 is 0 Å². The first kappa shape index (κ1) is 34.1. The highest BCUT2D eigenvalue weighted by atomic mass is 28.4. The van der Waals surface area contributed by atoms with Gasteiger partial charge in [0.2, 0.25) is 5.91 Å². The number of aliphatic hydroxyl groups excluding tert-OH is 1. The smallest absolute Gasteiger partial charge is 0.264 e. The molecule has 0 bridgehead atoms. The van der Waals surface area contributed by atoms with Gasteiger partial charge in [0.15, 0.2) is 13.9 Å². The first-order valence-corrected chi connectivity index (χ1v) is 18.8. The molecule has 0 aliphatic carbocycles. The fourth-order valence-corrected chi connectivity index (χ4v) is 9.68. The van der Waals surface area contributed by atoms with E-state index in [1.54, 1.807) is 78.5 Å². The molecule has 0 aromatic heterocycles. The summed E-state index contributed by atoms with van der Waals surface area (Å²) in [5, 5.41) is 12.7. The van der Waals surface area contributed by atoms with Gasteiger partial charge >= 0.3 is 0 Å². The van der Waals surface area contributed by atoms with Crippen molar-refractivity contribution >= 4 is 37.4 Å². The van der Waals surface area contributed by atoms with Gasteiger partial charge in [0.1, 0.15) is 5.75 Å². The number of ether oxygens (including phenoxy) is 2. The molecule has 3 N–H and O–H groups in total. The zero-order valence-corrected chi connectivity index (χ0v) is 28.3. The van der Waals surface area contributed by atoms with Crippen LogP contribution in [0.4, 0.5) is 11.4 Å². The van der Waals surface area contributed by atoms with E-state index in [2.05, 4.69) is 11.9 Å². The quantitative estimate of drug-likeness (QED) is 0.191. The van der Waals surface area contributed by atoms with Crippen LogP contribution in [0.1, 0.15) is 34.8 Å². The number of aliphatic hydroxyl groups is 1. The molecular weight excluding hydrogens is 614 g/mol. The van der Waals surface area contributed by atoms with Gasteiger partial charge in [-0.2, -0.15) is 0 Å². The molecule has 5 rings (SSSR count). The summed E-state index contributed by atoms with van der Waals surface area (Å²) in [5.41, 5.74) is 1.05. The van der Waals surface area contributed by atoms with Gasteiger partial charge in [-0.3, -0.25) is 14.4 Å². The van der Waals surface area contributed by atoms with Crippen molar-refractivity contribution in [3.8, 4) is 5.75 Å². The Morgan fingerprint density at radius 2 is 1.83 bits per heavy atom. The zero-order chi connectivity index (χ0) is 33.9. The molecule has 4 atom stereocenters. The molecule has 3 aromatic carbocycles. The molecule has 0 saturated carbocycles. The molecule has 2 heterocycles. The fourth-order valence-electron chi connectivity index (χ4n) is 7.13. The Morgan fingerprint density at radius 1 is 1.13 bits per heavy atom. The van der Waals surface area contributed by atoms with Crippen LogP contribution < -0.4 is 15.0 Å². The van der Waals surface area contributed by atoms with E-state index in [1.807, 2.05) is 37.3 Å². The highest BCUT2D eigenvalue weighted by molar-refractivity contribution is 6.71. The monoisotopic (exact) mass is 657 g/mol. The van der Waals surface area contributed by atoms with Crippen LogP contribution in [0.5, 0.6) is 5.75 Å². The van der Waals surface area contributed by atoms with Crippen molar-refractivity contribution in [2.45, 2.75) is 50.2 Å². The molecule has 1 spiro atoms. The maximum absolute atomic E-state index is 14.4. The summed E-state index contributed by atoms with van der Waals surface area (Å²) >= 11 is 0. The summed E-state index contributed by atoms with van der Waals surface area (Å²) in [4.78, 5) is 56.2. The Hall–Kier alpha value is -4.29. The zero-order valence-electron chi connectivity index (χ0n) is 27.3. The van der Waals surface area contributed by atoms with Crippen molar-refractivity contribution < 1.29 is 33.8 Å². The Bertz CT molecular complexity index is 1630. The summed E-state index contributed by atoms with van der Waals surface area (Å²) in [6, 6.07) is 21.5. The van der Waals surface area contributed by atoms with E-state index in [9.17, 15) is 24.3 Å². The lowest BCUT2D eigenvalue weighted by Gasteiger charge is -2.32. The minimum Gasteiger partial charge on any atom is -0.497 e. The number of amides is 3. The van der Waals surface area contributed by atoms with Gasteiger partial charge in [0.05, 0.1) is 31.9 Å². The average Bonchev–Trinajstić information content (AvgIpc) is 3.47. The normalized spacial score (nSPS) is 21.9. The Morgan fingerprint density at radius 3 is 2.45 bits per heavy atom. The number of anilines is 2. The topological polar surface area (TPSA) is 129 Å². The summed E-state index contributed by atoms with van der Waals surface area (Å²) in [7, 11) is -1.48. The van der Waals surface area contributed by atoms with E-state index in [-0.39, 0.29) is 43.8 Å². The summed E-state index contributed by atoms with van der Waals surface area (Å²) < 4.78 is 12.0. The van der Waals surface area contributed by atoms with Crippen LogP contribution in [-0.2, 0) is 26.5 Å². The SMILES string of the molecule is C=CCN1C(=O)[C@@]2(O[C@@H](CC(=O)N(CCO)Cc3ccccc3)[C@H]([Si](C)(C)O)[C@H]2C)c2cc(NC(=O)c3ccc(OC)cc3)ccc21. The molecule has 2 aliphatic rings. The Balaban J connectivity index is 1.50. The molecule has 2 aliphatic heterocycles. The molecule has 1 fully saturated rings. The number of rotatable bonds is 12. The first-order valence-electron chi connectivity index (χ1n) is 15.8. The van der Waals surface area contributed by atoms with Crippen molar-refractivity contribution in [2.75, 3.05) is 37.0 Å². The molecule has 3 amide bonds. The minimum atomic E-state index is -3.04. The maximum atomic E-state index is 14.4. The number of methoxy groups -OCH3 is 1. The number of nitrogens with one attached hydrogen (secondary N) is 1.